The van der Waals surface area contributed by atoms with Gasteiger partial charge in [-0.3, -0.25) is 4.79 Å². The molecule has 1 aliphatic rings. The smallest absolute Gasteiger partial charge is 0.243 e. The highest BCUT2D eigenvalue weighted by molar-refractivity contribution is 9.10. The Kier molecular flexibility index (Phi) is 7.09. The van der Waals surface area contributed by atoms with E-state index in [0.29, 0.717) is 12.3 Å². The fourth-order valence-electron chi connectivity index (χ4n) is 3.84. The third-order valence-electron chi connectivity index (χ3n) is 5.51. The van der Waals surface area contributed by atoms with Crippen LogP contribution in [0.2, 0.25) is 5.02 Å². The molecule has 1 aliphatic heterocycles. The Labute approximate surface area is 206 Å². The van der Waals surface area contributed by atoms with Gasteiger partial charge in [0.25, 0.3) is 0 Å². The number of hydrogen-bond donors (Lipinski definition) is 0. The van der Waals surface area contributed by atoms with Crippen molar-refractivity contribution in [3.63, 3.8) is 0 Å². The van der Waals surface area contributed by atoms with Crippen molar-refractivity contribution in [3.05, 3.63) is 87.4 Å². The van der Waals surface area contributed by atoms with E-state index < -0.39 is 10.0 Å². The van der Waals surface area contributed by atoms with Crippen molar-refractivity contribution in [1.82, 2.24) is 4.31 Å². The zero-order valence-electron chi connectivity index (χ0n) is 17.9. The first-order valence-corrected chi connectivity index (χ1v) is 12.9. The number of carbonyl (C=O) groups is 1. The summed E-state index contributed by atoms with van der Waals surface area (Å²) >= 11 is 9.65. The highest BCUT2D eigenvalue weighted by Gasteiger charge is 2.32. The molecule has 0 unspecified atom stereocenters. The Hall–Kier alpha value is -2.39. The molecule has 0 N–H and O–H groups in total. The largest absolute Gasteiger partial charge is 0.495 e. The number of anilines is 1. The Morgan fingerprint density at radius 1 is 1.12 bits per heavy atom. The maximum atomic E-state index is 13.6. The number of halogens is 2. The molecule has 0 saturated carbocycles. The number of sulfonamides is 1. The molecule has 4 rings (SSSR count). The van der Waals surface area contributed by atoms with Crippen LogP contribution in [-0.4, -0.2) is 38.8 Å². The summed E-state index contributed by atoms with van der Waals surface area (Å²) in [6.07, 6.45) is 0.722. The summed E-state index contributed by atoms with van der Waals surface area (Å²) in [5, 5.41) is 0.184. The van der Waals surface area contributed by atoms with E-state index in [-0.39, 0.29) is 28.9 Å². The predicted molar refractivity (Wildman–Crippen MR) is 132 cm³/mol. The molecule has 0 radical (unpaired) electrons. The van der Waals surface area contributed by atoms with Crippen molar-refractivity contribution in [2.24, 2.45) is 0 Å². The number of methoxy groups -OCH3 is 1. The fraction of sp³-hybridized carbons (Fsp3) is 0.208. The minimum absolute atomic E-state index is 0.00258. The Morgan fingerprint density at radius 2 is 1.88 bits per heavy atom. The molecule has 0 bridgehead atoms. The highest BCUT2D eigenvalue weighted by atomic mass is 79.9. The lowest BCUT2D eigenvalue weighted by molar-refractivity contribution is -0.118. The standard InChI is InChI=1S/C24H22BrClN2O4S/c1-32-23-10-8-20(14-21(23)26)33(30,31)27(15-17-5-3-2-4-6-17)16-24(29)28-12-11-18-13-19(25)7-9-22(18)28/h2-10,13-14H,11-12,15-16H2,1H3. The maximum absolute atomic E-state index is 13.6. The molecule has 1 amide bonds. The molecule has 0 saturated heterocycles. The van der Waals surface area contributed by atoms with Gasteiger partial charge in [-0.1, -0.05) is 57.9 Å². The summed E-state index contributed by atoms with van der Waals surface area (Å²) in [5.74, 6) is 0.0938. The van der Waals surface area contributed by atoms with Crippen LogP contribution in [0.5, 0.6) is 5.75 Å². The number of amides is 1. The molecule has 33 heavy (non-hydrogen) atoms. The summed E-state index contributed by atoms with van der Waals surface area (Å²) in [4.78, 5) is 15.0. The van der Waals surface area contributed by atoms with Gasteiger partial charge < -0.3 is 9.64 Å². The zero-order valence-corrected chi connectivity index (χ0v) is 21.0. The van der Waals surface area contributed by atoms with Crippen LogP contribution in [-0.2, 0) is 27.8 Å². The van der Waals surface area contributed by atoms with E-state index in [2.05, 4.69) is 15.9 Å². The van der Waals surface area contributed by atoms with Crippen molar-refractivity contribution in [1.29, 1.82) is 0 Å². The minimum Gasteiger partial charge on any atom is -0.495 e. The minimum atomic E-state index is -4.02. The van der Waals surface area contributed by atoms with Gasteiger partial charge >= 0.3 is 0 Å². The topological polar surface area (TPSA) is 66.9 Å². The summed E-state index contributed by atoms with van der Waals surface area (Å²) < 4.78 is 34.4. The highest BCUT2D eigenvalue weighted by Crippen LogP contribution is 2.32. The second-order valence-corrected chi connectivity index (χ2v) is 10.9. The van der Waals surface area contributed by atoms with Crippen LogP contribution in [0.25, 0.3) is 0 Å². The average Bonchev–Trinajstić information content (AvgIpc) is 3.22. The lowest BCUT2D eigenvalue weighted by Crippen LogP contribution is -2.42. The number of carbonyl (C=O) groups excluding carboxylic acids is 1. The number of rotatable bonds is 7. The van der Waals surface area contributed by atoms with E-state index >= 15 is 0 Å². The molecule has 0 aliphatic carbocycles. The maximum Gasteiger partial charge on any atom is 0.243 e. The average molecular weight is 550 g/mol. The van der Waals surface area contributed by atoms with Gasteiger partial charge in [-0.05, 0) is 53.9 Å². The molecule has 6 nitrogen and oxygen atoms in total. The fourth-order valence-corrected chi connectivity index (χ4v) is 5.97. The van der Waals surface area contributed by atoms with Gasteiger partial charge in [-0.25, -0.2) is 8.42 Å². The Bertz CT molecular complexity index is 1280. The first kappa shape index (κ1) is 23.8. The van der Waals surface area contributed by atoms with Gasteiger partial charge in [0.05, 0.1) is 23.6 Å². The van der Waals surface area contributed by atoms with Crippen LogP contribution in [0.15, 0.2) is 76.1 Å². The molecule has 9 heteroatoms. The van der Waals surface area contributed by atoms with Crippen LogP contribution >= 0.6 is 27.5 Å². The van der Waals surface area contributed by atoms with Gasteiger partial charge in [0, 0.05) is 23.2 Å². The Balaban J connectivity index is 1.66. The number of fused-ring (bicyclic) bond motifs is 1. The lowest BCUT2D eigenvalue weighted by atomic mass is 10.2. The zero-order chi connectivity index (χ0) is 23.6. The SMILES string of the molecule is COc1ccc(S(=O)(=O)N(CC(=O)N2CCc3cc(Br)ccc32)Cc2ccccc2)cc1Cl. The summed E-state index contributed by atoms with van der Waals surface area (Å²) in [6, 6.07) is 19.2. The molecule has 3 aromatic carbocycles. The molecule has 1 heterocycles. The van der Waals surface area contributed by atoms with Crippen LogP contribution in [0.1, 0.15) is 11.1 Å². The van der Waals surface area contributed by atoms with Crippen molar-refractivity contribution in [3.8, 4) is 5.75 Å². The van der Waals surface area contributed by atoms with Crippen molar-refractivity contribution >= 4 is 49.1 Å². The van der Waals surface area contributed by atoms with Gasteiger partial charge in [0.1, 0.15) is 5.75 Å². The Morgan fingerprint density at radius 3 is 2.58 bits per heavy atom. The second-order valence-electron chi connectivity index (χ2n) is 7.62. The van der Waals surface area contributed by atoms with E-state index in [0.717, 1.165) is 27.7 Å². The number of hydrogen-bond acceptors (Lipinski definition) is 4. The van der Waals surface area contributed by atoms with Gasteiger partial charge in [0.15, 0.2) is 0 Å². The molecule has 0 atom stereocenters. The first-order valence-electron chi connectivity index (χ1n) is 10.3. The molecule has 0 fully saturated rings. The molecular formula is C24H22BrClN2O4S. The monoisotopic (exact) mass is 548 g/mol. The summed E-state index contributed by atoms with van der Waals surface area (Å²) in [7, 11) is -2.56. The normalized spacial score (nSPS) is 13.3. The van der Waals surface area contributed by atoms with E-state index in [1.807, 2.05) is 48.5 Å². The predicted octanol–water partition coefficient (Wildman–Crippen LogP) is 4.89. The van der Waals surface area contributed by atoms with Gasteiger partial charge in [-0.15, -0.1) is 0 Å². The van der Waals surface area contributed by atoms with Crippen molar-refractivity contribution in [2.75, 3.05) is 25.1 Å². The second kappa shape index (κ2) is 9.85. The van der Waals surface area contributed by atoms with Crippen LogP contribution in [0.3, 0.4) is 0 Å². The van der Waals surface area contributed by atoms with E-state index in [1.54, 1.807) is 4.90 Å². The molecule has 0 aromatic heterocycles. The third-order valence-corrected chi connectivity index (χ3v) is 8.09. The lowest BCUT2D eigenvalue weighted by Gasteiger charge is -2.25. The molecule has 3 aromatic rings. The third kappa shape index (κ3) is 5.09. The molecular weight excluding hydrogens is 528 g/mol. The van der Waals surface area contributed by atoms with Crippen molar-refractivity contribution < 1.29 is 17.9 Å². The van der Waals surface area contributed by atoms with Crippen molar-refractivity contribution in [2.45, 2.75) is 17.9 Å². The molecule has 0 spiro atoms. The van der Waals surface area contributed by atoms with E-state index in [1.165, 1.54) is 29.6 Å². The number of nitrogens with zero attached hydrogens (tertiary/aromatic N) is 2. The summed E-state index contributed by atoms with van der Waals surface area (Å²) in [5.41, 5.74) is 2.64. The molecule has 172 valence electrons. The number of ether oxygens (including phenoxy) is 1. The van der Waals surface area contributed by atoms with Crippen LogP contribution < -0.4 is 9.64 Å². The van der Waals surface area contributed by atoms with E-state index in [4.69, 9.17) is 16.3 Å². The van der Waals surface area contributed by atoms with Crippen LogP contribution in [0, 0.1) is 0 Å². The van der Waals surface area contributed by atoms with Gasteiger partial charge in [0.2, 0.25) is 15.9 Å². The van der Waals surface area contributed by atoms with Crippen LogP contribution in [0.4, 0.5) is 5.69 Å². The number of benzene rings is 3. The quantitative estimate of drug-likeness (QED) is 0.421. The first-order chi connectivity index (χ1) is 15.8. The van der Waals surface area contributed by atoms with E-state index in [9.17, 15) is 13.2 Å². The summed E-state index contributed by atoms with van der Waals surface area (Å²) in [6.45, 7) is 0.272. The van der Waals surface area contributed by atoms with Gasteiger partial charge in [-0.2, -0.15) is 4.31 Å².